The van der Waals surface area contributed by atoms with Gasteiger partial charge in [-0.2, -0.15) is 0 Å². The van der Waals surface area contributed by atoms with Crippen LogP contribution in [0.4, 0.5) is 5.69 Å². The lowest BCUT2D eigenvalue weighted by atomic mass is 10.2. The third-order valence-electron chi connectivity index (χ3n) is 3.72. The highest BCUT2D eigenvalue weighted by Gasteiger charge is 2.11. The largest absolute Gasteiger partial charge is 0.484 e. The van der Waals surface area contributed by atoms with Crippen molar-refractivity contribution in [2.45, 2.75) is 27.0 Å². The summed E-state index contributed by atoms with van der Waals surface area (Å²) in [4.78, 5) is 12.3. The van der Waals surface area contributed by atoms with Crippen LogP contribution in [0.5, 0.6) is 5.75 Å². The highest BCUT2D eigenvalue weighted by molar-refractivity contribution is 7.71. The van der Waals surface area contributed by atoms with Crippen molar-refractivity contribution in [2.24, 2.45) is 0 Å². The summed E-state index contributed by atoms with van der Waals surface area (Å²) in [6, 6.07) is 15.2. The van der Waals surface area contributed by atoms with E-state index >= 15 is 0 Å². The van der Waals surface area contributed by atoms with Crippen LogP contribution < -0.4 is 10.1 Å². The summed E-state index contributed by atoms with van der Waals surface area (Å²) in [6.45, 7) is 4.06. The van der Waals surface area contributed by atoms with E-state index in [9.17, 15) is 4.79 Å². The number of aryl methyl sites for hydroxylation is 2. The third-order valence-corrected chi connectivity index (χ3v) is 4.02. The predicted molar refractivity (Wildman–Crippen MR) is 101 cm³/mol. The quantitative estimate of drug-likeness (QED) is 0.664. The minimum atomic E-state index is -0.232. The van der Waals surface area contributed by atoms with Crippen LogP contribution in [0.15, 0.2) is 52.9 Å². The van der Waals surface area contributed by atoms with E-state index in [1.165, 1.54) is 4.68 Å². The number of benzene rings is 2. The number of nitrogens with one attached hydrogen (secondary N) is 1. The topological polar surface area (TPSA) is 69.3 Å². The van der Waals surface area contributed by atoms with Gasteiger partial charge in [-0.15, -0.1) is 5.10 Å². The number of hydrogen-bond acceptors (Lipinski definition) is 5. The van der Waals surface area contributed by atoms with Crippen LogP contribution in [0.3, 0.4) is 0 Å². The average Bonchev–Trinajstić information content (AvgIpc) is 2.96. The van der Waals surface area contributed by atoms with Crippen LogP contribution in [0.1, 0.15) is 17.0 Å². The Hall–Kier alpha value is -2.93. The van der Waals surface area contributed by atoms with Crippen LogP contribution in [-0.4, -0.2) is 15.7 Å². The first-order valence-electron chi connectivity index (χ1n) is 8.13. The highest BCUT2D eigenvalue weighted by Crippen LogP contribution is 2.17. The molecule has 1 amide bonds. The first-order valence-corrected chi connectivity index (χ1v) is 8.54. The van der Waals surface area contributed by atoms with Gasteiger partial charge in [0.25, 0.3) is 10.7 Å². The fourth-order valence-electron chi connectivity index (χ4n) is 2.34. The smallest absolute Gasteiger partial charge is 0.287 e. The maximum atomic E-state index is 12.2. The van der Waals surface area contributed by atoms with E-state index in [2.05, 4.69) is 10.4 Å². The van der Waals surface area contributed by atoms with Crippen molar-refractivity contribution in [1.29, 1.82) is 0 Å². The summed E-state index contributed by atoms with van der Waals surface area (Å²) in [6.07, 6.45) is 0. The summed E-state index contributed by atoms with van der Waals surface area (Å²) < 4.78 is 12.4. The molecule has 0 atom stereocenters. The number of ether oxygens (including phenoxy) is 1. The third kappa shape index (κ3) is 4.58. The molecule has 26 heavy (non-hydrogen) atoms. The summed E-state index contributed by atoms with van der Waals surface area (Å²) in [5, 5.41) is 7.01. The van der Waals surface area contributed by atoms with E-state index in [4.69, 9.17) is 21.4 Å². The Balaban J connectivity index is 1.61. The molecule has 2 aromatic carbocycles. The Morgan fingerprint density at radius 1 is 1.19 bits per heavy atom. The second-order valence-electron chi connectivity index (χ2n) is 5.89. The molecule has 1 aromatic heterocycles. The number of nitrogens with zero attached hydrogens (tertiary/aromatic N) is 2. The molecule has 0 aliphatic carbocycles. The zero-order valence-electron chi connectivity index (χ0n) is 14.6. The van der Waals surface area contributed by atoms with E-state index in [0.717, 1.165) is 22.6 Å². The molecule has 0 radical (unpaired) electrons. The fraction of sp³-hybridized carbons (Fsp3) is 0.211. The monoisotopic (exact) mass is 369 g/mol. The van der Waals surface area contributed by atoms with Crippen molar-refractivity contribution in [1.82, 2.24) is 9.78 Å². The average molecular weight is 369 g/mol. The van der Waals surface area contributed by atoms with Gasteiger partial charge in [-0.1, -0.05) is 35.9 Å². The SMILES string of the molecule is Cc1ccc(NC(=O)Cn2nc(COc3ccccc3C)oc2=S)cc1. The molecule has 1 heterocycles. The van der Waals surface area contributed by atoms with Crippen molar-refractivity contribution < 1.29 is 13.9 Å². The van der Waals surface area contributed by atoms with Crippen LogP contribution in [0.2, 0.25) is 0 Å². The van der Waals surface area contributed by atoms with Crippen molar-refractivity contribution in [2.75, 3.05) is 5.32 Å². The second kappa shape index (κ2) is 7.97. The fourth-order valence-corrected chi connectivity index (χ4v) is 2.54. The number of aromatic nitrogens is 2. The van der Waals surface area contributed by atoms with Crippen molar-refractivity contribution >= 4 is 23.8 Å². The van der Waals surface area contributed by atoms with Crippen LogP contribution in [0.25, 0.3) is 0 Å². The number of anilines is 1. The lowest BCUT2D eigenvalue weighted by Crippen LogP contribution is -2.19. The van der Waals surface area contributed by atoms with Crippen molar-refractivity contribution in [3.05, 3.63) is 70.4 Å². The molecule has 7 heteroatoms. The van der Waals surface area contributed by atoms with Gasteiger partial charge in [-0.05, 0) is 49.8 Å². The Morgan fingerprint density at radius 3 is 2.65 bits per heavy atom. The summed E-state index contributed by atoms with van der Waals surface area (Å²) in [5.41, 5.74) is 2.86. The molecule has 0 bridgehead atoms. The highest BCUT2D eigenvalue weighted by atomic mass is 32.1. The molecule has 0 aliphatic rings. The second-order valence-corrected chi connectivity index (χ2v) is 6.24. The lowest BCUT2D eigenvalue weighted by Gasteiger charge is -2.06. The minimum absolute atomic E-state index is 0.0272. The molecule has 3 aromatic rings. The molecule has 3 rings (SSSR count). The standard InChI is InChI=1S/C19H19N3O3S/c1-13-7-9-15(10-8-13)20-17(23)11-22-19(26)25-18(21-22)12-24-16-6-4-3-5-14(16)2/h3-10H,11-12H2,1-2H3,(H,20,23). The van der Waals surface area contributed by atoms with E-state index in [1.807, 2.05) is 62.4 Å². The van der Waals surface area contributed by atoms with Gasteiger partial charge in [-0.3, -0.25) is 4.79 Å². The van der Waals surface area contributed by atoms with Gasteiger partial charge in [-0.25, -0.2) is 4.68 Å². The van der Waals surface area contributed by atoms with Crippen LogP contribution in [-0.2, 0) is 17.9 Å². The van der Waals surface area contributed by atoms with Gasteiger partial charge < -0.3 is 14.5 Å². The van der Waals surface area contributed by atoms with Gasteiger partial charge in [0.2, 0.25) is 5.91 Å². The minimum Gasteiger partial charge on any atom is -0.484 e. The number of para-hydroxylation sites is 1. The van der Waals surface area contributed by atoms with E-state index in [0.29, 0.717) is 5.89 Å². The Kier molecular flexibility index (Phi) is 5.48. The molecule has 1 N–H and O–H groups in total. The number of amides is 1. The van der Waals surface area contributed by atoms with Crippen LogP contribution in [0, 0.1) is 18.7 Å². The number of carbonyl (C=O) groups is 1. The molecular formula is C19H19N3O3S. The Morgan fingerprint density at radius 2 is 1.92 bits per heavy atom. The molecular weight excluding hydrogens is 350 g/mol. The number of carbonyl (C=O) groups excluding carboxylic acids is 1. The maximum Gasteiger partial charge on any atom is 0.287 e. The van der Waals surface area contributed by atoms with Gasteiger partial charge in [0.15, 0.2) is 6.61 Å². The molecule has 0 spiro atoms. The molecule has 0 unspecified atom stereocenters. The first-order chi connectivity index (χ1) is 12.5. The van der Waals surface area contributed by atoms with Gasteiger partial charge in [0, 0.05) is 5.69 Å². The first kappa shape index (κ1) is 17.9. The van der Waals surface area contributed by atoms with Gasteiger partial charge in [0.1, 0.15) is 12.3 Å². The van der Waals surface area contributed by atoms with E-state index < -0.39 is 0 Å². The molecule has 0 saturated carbocycles. The molecule has 0 aliphatic heterocycles. The Bertz CT molecular complexity index is 961. The number of rotatable bonds is 6. The van der Waals surface area contributed by atoms with Gasteiger partial charge >= 0.3 is 0 Å². The number of hydrogen-bond donors (Lipinski definition) is 1. The Labute approximate surface area is 156 Å². The molecule has 6 nitrogen and oxygen atoms in total. The summed E-state index contributed by atoms with van der Waals surface area (Å²) in [7, 11) is 0. The zero-order valence-corrected chi connectivity index (χ0v) is 15.4. The van der Waals surface area contributed by atoms with Crippen molar-refractivity contribution in [3.8, 4) is 5.75 Å². The predicted octanol–water partition coefficient (Wildman–Crippen LogP) is 4.04. The summed E-state index contributed by atoms with van der Waals surface area (Å²) in [5.74, 6) is 0.839. The van der Waals surface area contributed by atoms with Gasteiger partial charge in [0.05, 0.1) is 0 Å². The maximum absolute atomic E-state index is 12.2. The van der Waals surface area contributed by atoms with Crippen molar-refractivity contribution in [3.63, 3.8) is 0 Å². The lowest BCUT2D eigenvalue weighted by molar-refractivity contribution is -0.117. The van der Waals surface area contributed by atoms with Crippen LogP contribution >= 0.6 is 12.2 Å². The molecule has 0 saturated heterocycles. The molecule has 134 valence electrons. The normalized spacial score (nSPS) is 10.5. The molecule has 0 fully saturated rings. The van der Waals surface area contributed by atoms with E-state index in [1.54, 1.807) is 0 Å². The van der Waals surface area contributed by atoms with E-state index in [-0.39, 0.29) is 23.9 Å². The summed E-state index contributed by atoms with van der Waals surface area (Å²) >= 11 is 5.13. The zero-order chi connectivity index (χ0) is 18.5.